The summed E-state index contributed by atoms with van der Waals surface area (Å²) in [5, 5.41) is 5.60. The van der Waals surface area contributed by atoms with Gasteiger partial charge in [0.25, 0.3) is 5.91 Å². The molecule has 0 aliphatic carbocycles. The summed E-state index contributed by atoms with van der Waals surface area (Å²) in [5.74, 6) is -1.68. The number of piperazine rings is 1. The quantitative estimate of drug-likeness (QED) is 0.262. The molecule has 1 atom stereocenters. The van der Waals surface area contributed by atoms with E-state index in [9.17, 15) is 24.0 Å². The Balaban J connectivity index is 1.84. The fourth-order valence-electron chi connectivity index (χ4n) is 4.43. The maximum atomic E-state index is 13.7. The molecule has 3 rings (SSSR count). The molecule has 1 fully saturated rings. The van der Waals surface area contributed by atoms with E-state index in [1.165, 1.54) is 15.9 Å². The number of hydrogen-bond donors (Lipinski definition) is 2. The highest BCUT2D eigenvalue weighted by atomic mass is 16.6. The number of nitrogens with one attached hydrogen (secondary N) is 2. The lowest BCUT2D eigenvalue weighted by molar-refractivity contribution is -0.155. The number of ether oxygens (including phenoxy) is 3. The Morgan fingerprint density at radius 1 is 0.889 bits per heavy atom. The zero-order valence-corrected chi connectivity index (χ0v) is 26.5. The number of nitrogens with zero attached hydrogens (tertiary/aromatic N) is 4. The Labute approximate surface area is 262 Å². The molecule has 0 bridgehead atoms. The third-order valence-electron chi connectivity index (χ3n) is 6.49. The van der Waals surface area contributed by atoms with Gasteiger partial charge in [0.15, 0.2) is 5.82 Å². The molecule has 14 nitrogen and oxygen atoms in total. The molecule has 2 heterocycles. The van der Waals surface area contributed by atoms with Gasteiger partial charge in [-0.2, -0.15) is 0 Å². The van der Waals surface area contributed by atoms with Crippen LogP contribution in [-0.2, 0) is 28.6 Å². The van der Waals surface area contributed by atoms with E-state index < -0.39 is 41.5 Å². The van der Waals surface area contributed by atoms with Crippen molar-refractivity contribution in [2.24, 2.45) is 0 Å². The molecule has 1 aliphatic rings. The van der Waals surface area contributed by atoms with Crippen molar-refractivity contribution in [3.8, 4) is 11.4 Å². The lowest BCUT2D eigenvalue weighted by Gasteiger charge is -2.36. The predicted molar refractivity (Wildman–Crippen MR) is 164 cm³/mol. The molecule has 0 radical (unpaired) electrons. The van der Waals surface area contributed by atoms with E-state index in [2.05, 4.69) is 20.6 Å². The molecule has 1 saturated heterocycles. The predicted octanol–water partition coefficient (Wildman–Crippen LogP) is 2.64. The first-order valence-electron chi connectivity index (χ1n) is 15.0. The van der Waals surface area contributed by atoms with E-state index in [4.69, 9.17) is 14.2 Å². The zero-order chi connectivity index (χ0) is 33.0. The molecule has 1 aliphatic heterocycles. The van der Waals surface area contributed by atoms with Gasteiger partial charge in [0.2, 0.25) is 5.91 Å². The number of aromatic nitrogens is 2. The van der Waals surface area contributed by atoms with Gasteiger partial charge in [0.1, 0.15) is 29.7 Å². The fraction of sp³-hybridized carbons (Fsp3) is 0.516. The van der Waals surface area contributed by atoms with Crippen LogP contribution in [0.25, 0.3) is 11.4 Å². The van der Waals surface area contributed by atoms with Gasteiger partial charge in [0, 0.05) is 44.2 Å². The van der Waals surface area contributed by atoms with E-state index in [1.807, 2.05) is 6.07 Å². The van der Waals surface area contributed by atoms with Gasteiger partial charge in [-0.25, -0.2) is 14.8 Å². The molecular weight excluding hydrogens is 584 g/mol. The SMILES string of the molecule is CCOC(=O)CNc1cc(C(=O)N[C@@H](CCC(=O)OC(C)(C)C)C(=O)N2CCN(C(=O)OCC)CC2)nc(-c2ccccc2)n1. The molecule has 244 valence electrons. The van der Waals surface area contributed by atoms with Crippen LogP contribution in [0.3, 0.4) is 0 Å². The van der Waals surface area contributed by atoms with E-state index in [1.54, 1.807) is 58.9 Å². The van der Waals surface area contributed by atoms with Crippen molar-refractivity contribution in [2.45, 2.75) is 59.1 Å². The maximum Gasteiger partial charge on any atom is 0.409 e. The summed E-state index contributed by atoms with van der Waals surface area (Å²) in [6.45, 7) is 9.88. The summed E-state index contributed by atoms with van der Waals surface area (Å²) in [6.07, 6.45) is -0.602. The second-order valence-corrected chi connectivity index (χ2v) is 11.1. The highest BCUT2D eigenvalue weighted by Gasteiger charge is 2.32. The van der Waals surface area contributed by atoms with Crippen LogP contribution in [0.1, 0.15) is 57.9 Å². The van der Waals surface area contributed by atoms with Gasteiger partial charge < -0.3 is 34.6 Å². The smallest absolute Gasteiger partial charge is 0.409 e. The lowest BCUT2D eigenvalue weighted by Crippen LogP contribution is -2.56. The molecule has 45 heavy (non-hydrogen) atoms. The van der Waals surface area contributed by atoms with Crippen molar-refractivity contribution in [3.05, 3.63) is 42.1 Å². The van der Waals surface area contributed by atoms with Crippen LogP contribution < -0.4 is 10.6 Å². The van der Waals surface area contributed by atoms with Crippen molar-refractivity contribution in [1.82, 2.24) is 25.1 Å². The molecule has 14 heteroatoms. The van der Waals surface area contributed by atoms with Gasteiger partial charge in [0.05, 0.1) is 13.2 Å². The topological polar surface area (TPSA) is 169 Å². The minimum absolute atomic E-state index is 0.0256. The van der Waals surface area contributed by atoms with Crippen molar-refractivity contribution in [1.29, 1.82) is 0 Å². The van der Waals surface area contributed by atoms with Crippen LogP contribution in [0.5, 0.6) is 0 Å². The molecule has 1 aromatic heterocycles. The van der Waals surface area contributed by atoms with Crippen molar-refractivity contribution in [2.75, 3.05) is 51.3 Å². The summed E-state index contributed by atoms with van der Waals surface area (Å²) in [6, 6.07) is 9.24. The second kappa shape index (κ2) is 16.4. The van der Waals surface area contributed by atoms with E-state index in [0.717, 1.165) is 0 Å². The summed E-state index contributed by atoms with van der Waals surface area (Å²) >= 11 is 0. The molecule has 3 amide bonds. The van der Waals surface area contributed by atoms with Gasteiger partial charge in [-0.15, -0.1) is 0 Å². The minimum Gasteiger partial charge on any atom is -0.465 e. The van der Waals surface area contributed by atoms with Crippen LogP contribution in [0.4, 0.5) is 10.6 Å². The maximum absolute atomic E-state index is 13.7. The number of amides is 3. The molecule has 2 N–H and O–H groups in total. The number of carbonyl (C=O) groups excluding carboxylic acids is 5. The number of anilines is 1. The summed E-state index contributed by atoms with van der Waals surface area (Å²) in [7, 11) is 0. The molecular formula is C31H42N6O8. The van der Waals surface area contributed by atoms with Gasteiger partial charge in [-0.1, -0.05) is 30.3 Å². The number of carbonyl (C=O) groups is 5. The number of benzene rings is 1. The van der Waals surface area contributed by atoms with Crippen LogP contribution in [0.2, 0.25) is 0 Å². The Morgan fingerprint density at radius 3 is 2.16 bits per heavy atom. The zero-order valence-electron chi connectivity index (χ0n) is 26.5. The van der Waals surface area contributed by atoms with Crippen molar-refractivity contribution >= 4 is 35.7 Å². The number of esters is 2. The van der Waals surface area contributed by atoms with E-state index >= 15 is 0 Å². The third kappa shape index (κ3) is 11.0. The summed E-state index contributed by atoms with van der Waals surface area (Å²) in [5.41, 5.74) is -0.147. The van der Waals surface area contributed by atoms with Gasteiger partial charge >= 0.3 is 18.0 Å². The Bertz CT molecular complexity index is 1340. The van der Waals surface area contributed by atoms with Gasteiger partial charge in [-0.05, 0) is 41.0 Å². The van der Waals surface area contributed by atoms with Crippen LogP contribution in [0.15, 0.2) is 36.4 Å². The first-order valence-corrected chi connectivity index (χ1v) is 15.0. The third-order valence-corrected chi connectivity index (χ3v) is 6.49. The monoisotopic (exact) mass is 626 g/mol. The van der Waals surface area contributed by atoms with E-state index in [-0.39, 0.29) is 76.1 Å². The Hall–Kier alpha value is -4.75. The van der Waals surface area contributed by atoms with Gasteiger partial charge in [-0.3, -0.25) is 19.2 Å². The van der Waals surface area contributed by atoms with Crippen molar-refractivity contribution < 1.29 is 38.2 Å². The van der Waals surface area contributed by atoms with Crippen LogP contribution in [0, 0.1) is 0 Å². The summed E-state index contributed by atoms with van der Waals surface area (Å²) < 4.78 is 15.4. The largest absolute Gasteiger partial charge is 0.465 e. The normalized spacial score (nSPS) is 13.8. The summed E-state index contributed by atoms with van der Waals surface area (Å²) in [4.78, 5) is 75.8. The lowest BCUT2D eigenvalue weighted by atomic mass is 10.1. The van der Waals surface area contributed by atoms with E-state index in [0.29, 0.717) is 5.56 Å². The van der Waals surface area contributed by atoms with Crippen molar-refractivity contribution in [3.63, 3.8) is 0 Å². The standard InChI is InChI=1S/C31H42N6O8/c1-6-43-26(39)20-32-24-19-23(33-27(35-24)21-11-9-8-10-12-21)28(40)34-22(13-14-25(38)45-31(3,4)5)29(41)36-15-17-37(18-16-36)30(42)44-7-2/h8-12,19,22H,6-7,13-18,20H2,1-5H3,(H,34,40)(H,32,33,35)/t22-/m0/s1. The molecule has 0 spiro atoms. The second-order valence-electron chi connectivity index (χ2n) is 11.1. The first kappa shape index (κ1) is 34.7. The Morgan fingerprint density at radius 2 is 1.53 bits per heavy atom. The van der Waals surface area contributed by atoms with Crippen LogP contribution in [-0.4, -0.2) is 107 Å². The molecule has 2 aromatic rings. The average molecular weight is 627 g/mol. The highest BCUT2D eigenvalue weighted by molar-refractivity contribution is 5.97. The average Bonchev–Trinajstić information content (AvgIpc) is 3.01. The minimum atomic E-state index is -1.09. The number of hydrogen-bond acceptors (Lipinski definition) is 11. The van der Waals surface area contributed by atoms with Crippen LogP contribution >= 0.6 is 0 Å². The number of rotatable bonds is 12. The molecule has 0 saturated carbocycles. The molecule has 1 aromatic carbocycles. The first-order chi connectivity index (χ1) is 21.4. The fourth-order valence-corrected chi connectivity index (χ4v) is 4.43. The molecule has 0 unspecified atom stereocenters. The highest BCUT2D eigenvalue weighted by Crippen LogP contribution is 2.19. The Kier molecular flexibility index (Phi) is 12.6.